The van der Waals surface area contributed by atoms with E-state index in [1.165, 1.54) is 18.3 Å². The second kappa shape index (κ2) is 10.7. The standard InChI is InChI=1S/C26H25F3N4O2/c27-26(28,29)20-10-8-18(9-11-20)16-21-5-1-6-22(32-21)23-7-3-15-33(23)24(34)12-14-31-25(35)19-4-2-13-30-17-19/h1-2,4-6,8-11,13,17,23H,3,7,12,14-16H2,(H,31,35)/t23-/m0/s1. The van der Waals surface area contributed by atoms with Gasteiger partial charge in [0.05, 0.1) is 22.9 Å². The Labute approximate surface area is 201 Å². The minimum absolute atomic E-state index is 0.0612. The predicted molar refractivity (Wildman–Crippen MR) is 123 cm³/mol. The molecule has 35 heavy (non-hydrogen) atoms. The normalized spacial score (nSPS) is 15.7. The van der Waals surface area contributed by atoms with E-state index in [1.54, 1.807) is 23.2 Å². The number of hydrogen-bond donors (Lipinski definition) is 1. The molecular formula is C26H25F3N4O2. The number of nitrogens with one attached hydrogen (secondary N) is 1. The van der Waals surface area contributed by atoms with Crippen LogP contribution in [-0.4, -0.2) is 39.8 Å². The Morgan fingerprint density at radius 1 is 1.06 bits per heavy atom. The van der Waals surface area contributed by atoms with Crippen LogP contribution in [0.5, 0.6) is 0 Å². The van der Waals surface area contributed by atoms with Gasteiger partial charge < -0.3 is 10.2 Å². The Bertz CT molecular complexity index is 1170. The Kier molecular flexibility index (Phi) is 7.43. The molecule has 0 unspecified atom stereocenters. The van der Waals surface area contributed by atoms with Crippen molar-refractivity contribution in [3.63, 3.8) is 0 Å². The van der Waals surface area contributed by atoms with Crippen LogP contribution >= 0.6 is 0 Å². The number of rotatable bonds is 7. The van der Waals surface area contributed by atoms with Crippen molar-refractivity contribution in [2.24, 2.45) is 0 Å². The molecule has 9 heteroatoms. The van der Waals surface area contributed by atoms with E-state index in [0.29, 0.717) is 18.5 Å². The predicted octanol–water partition coefficient (Wildman–Crippen LogP) is 4.57. The molecule has 0 radical (unpaired) electrons. The van der Waals surface area contributed by atoms with Gasteiger partial charge in [-0.1, -0.05) is 18.2 Å². The Balaban J connectivity index is 1.36. The van der Waals surface area contributed by atoms with Crippen molar-refractivity contribution in [1.82, 2.24) is 20.2 Å². The number of alkyl halides is 3. The van der Waals surface area contributed by atoms with Crippen LogP contribution in [0.3, 0.4) is 0 Å². The van der Waals surface area contributed by atoms with Crippen molar-refractivity contribution in [3.05, 3.63) is 95.1 Å². The molecule has 1 aromatic carbocycles. The number of pyridine rings is 2. The van der Waals surface area contributed by atoms with Gasteiger partial charge in [-0.15, -0.1) is 0 Å². The third kappa shape index (κ3) is 6.23. The Morgan fingerprint density at radius 2 is 1.86 bits per heavy atom. The number of hydrogen-bond acceptors (Lipinski definition) is 4. The summed E-state index contributed by atoms with van der Waals surface area (Å²) in [6.07, 6.45) is 0.892. The summed E-state index contributed by atoms with van der Waals surface area (Å²) in [6.45, 7) is 0.835. The zero-order valence-corrected chi connectivity index (χ0v) is 19.0. The van der Waals surface area contributed by atoms with Crippen LogP contribution < -0.4 is 5.32 Å². The average molecular weight is 483 g/mol. The minimum atomic E-state index is -4.36. The van der Waals surface area contributed by atoms with Crippen LogP contribution in [-0.2, 0) is 17.4 Å². The fourth-order valence-electron chi connectivity index (χ4n) is 4.20. The molecule has 182 valence electrons. The van der Waals surface area contributed by atoms with Crippen LogP contribution in [0, 0.1) is 0 Å². The molecule has 1 fully saturated rings. The van der Waals surface area contributed by atoms with Crippen molar-refractivity contribution in [1.29, 1.82) is 0 Å². The number of nitrogens with zero attached hydrogens (tertiary/aromatic N) is 3. The third-order valence-electron chi connectivity index (χ3n) is 5.96. The fourth-order valence-corrected chi connectivity index (χ4v) is 4.20. The molecule has 3 heterocycles. The zero-order valence-electron chi connectivity index (χ0n) is 19.0. The molecule has 1 aliphatic rings. The topological polar surface area (TPSA) is 75.2 Å². The molecule has 0 saturated carbocycles. The van der Waals surface area contributed by atoms with Gasteiger partial charge in [-0.2, -0.15) is 13.2 Å². The quantitative estimate of drug-likeness (QED) is 0.535. The van der Waals surface area contributed by atoms with Gasteiger partial charge in [0, 0.05) is 44.0 Å². The molecule has 1 aliphatic heterocycles. The highest BCUT2D eigenvalue weighted by atomic mass is 19.4. The number of amides is 2. The smallest absolute Gasteiger partial charge is 0.351 e. The summed E-state index contributed by atoms with van der Waals surface area (Å²) < 4.78 is 38.4. The first-order chi connectivity index (χ1) is 16.8. The lowest BCUT2D eigenvalue weighted by Gasteiger charge is -2.25. The van der Waals surface area contributed by atoms with Crippen molar-refractivity contribution >= 4 is 11.8 Å². The highest BCUT2D eigenvalue weighted by Gasteiger charge is 2.31. The van der Waals surface area contributed by atoms with Gasteiger partial charge in [-0.25, -0.2) is 0 Å². The third-order valence-corrected chi connectivity index (χ3v) is 5.96. The number of carbonyl (C=O) groups excluding carboxylic acids is 2. The minimum Gasteiger partial charge on any atom is -0.351 e. The summed E-state index contributed by atoms with van der Waals surface area (Å²) in [5.74, 6) is -0.338. The van der Waals surface area contributed by atoms with Crippen LogP contribution in [0.1, 0.15) is 58.2 Å². The molecule has 0 spiro atoms. The molecule has 0 bridgehead atoms. The fraction of sp³-hybridized carbons (Fsp3) is 0.308. The van der Waals surface area contributed by atoms with Gasteiger partial charge in [0.25, 0.3) is 5.91 Å². The molecule has 1 saturated heterocycles. The molecular weight excluding hydrogens is 457 g/mol. The van der Waals surface area contributed by atoms with Crippen molar-refractivity contribution in [3.8, 4) is 0 Å². The van der Waals surface area contributed by atoms with Gasteiger partial charge in [0.1, 0.15) is 0 Å². The highest BCUT2D eigenvalue weighted by molar-refractivity contribution is 5.94. The first-order valence-corrected chi connectivity index (χ1v) is 11.4. The summed E-state index contributed by atoms with van der Waals surface area (Å²) in [4.78, 5) is 35.4. The van der Waals surface area contributed by atoms with Gasteiger partial charge in [0.15, 0.2) is 0 Å². The van der Waals surface area contributed by atoms with E-state index in [1.807, 2.05) is 18.2 Å². The van der Waals surface area contributed by atoms with Crippen LogP contribution in [0.15, 0.2) is 67.0 Å². The maximum absolute atomic E-state index is 12.9. The number of likely N-dealkylation sites (tertiary alicyclic amines) is 1. The van der Waals surface area contributed by atoms with Crippen molar-refractivity contribution < 1.29 is 22.8 Å². The van der Waals surface area contributed by atoms with E-state index in [2.05, 4.69) is 10.3 Å². The molecule has 6 nitrogen and oxygen atoms in total. The van der Waals surface area contributed by atoms with Gasteiger partial charge in [-0.3, -0.25) is 19.6 Å². The van der Waals surface area contributed by atoms with E-state index < -0.39 is 11.7 Å². The summed E-state index contributed by atoms with van der Waals surface area (Å²) in [7, 11) is 0. The summed E-state index contributed by atoms with van der Waals surface area (Å²) >= 11 is 0. The molecule has 2 aromatic heterocycles. The van der Waals surface area contributed by atoms with Crippen LogP contribution in [0.2, 0.25) is 0 Å². The summed E-state index contributed by atoms with van der Waals surface area (Å²) in [6, 6.07) is 13.8. The van der Waals surface area contributed by atoms with Crippen LogP contribution in [0.25, 0.3) is 0 Å². The largest absolute Gasteiger partial charge is 0.416 e. The van der Waals surface area contributed by atoms with E-state index in [0.717, 1.165) is 41.9 Å². The zero-order chi connectivity index (χ0) is 24.8. The molecule has 1 N–H and O–H groups in total. The van der Waals surface area contributed by atoms with Crippen LogP contribution in [0.4, 0.5) is 13.2 Å². The lowest BCUT2D eigenvalue weighted by atomic mass is 10.1. The van der Waals surface area contributed by atoms with Gasteiger partial charge >= 0.3 is 6.18 Å². The lowest BCUT2D eigenvalue weighted by Crippen LogP contribution is -2.34. The Morgan fingerprint density at radius 3 is 2.57 bits per heavy atom. The lowest BCUT2D eigenvalue weighted by molar-refractivity contribution is -0.137. The second-order valence-corrected chi connectivity index (χ2v) is 8.42. The SMILES string of the molecule is O=C(NCCC(=O)N1CCC[C@H]1c1cccc(Cc2ccc(C(F)(F)F)cc2)n1)c1cccnc1. The number of halogens is 3. The monoisotopic (exact) mass is 482 g/mol. The first-order valence-electron chi connectivity index (χ1n) is 11.4. The highest BCUT2D eigenvalue weighted by Crippen LogP contribution is 2.32. The number of carbonyl (C=O) groups is 2. The number of benzene rings is 1. The van der Waals surface area contributed by atoms with Crippen molar-refractivity contribution in [2.75, 3.05) is 13.1 Å². The van der Waals surface area contributed by atoms with Crippen molar-refractivity contribution in [2.45, 2.75) is 37.9 Å². The summed E-state index contributed by atoms with van der Waals surface area (Å²) in [5.41, 5.74) is 1.98. The molecule has 1 atom stereocenters. The second-order valence-electron chi connectivity index (χ2n) is 8.42. The van der Waals surface area contributed by atoms with E-state index in [4.69, 9.17) is 4.98 Å². The Hall–Kier alpha value is -3.75. The van der Waals surface area contributed by atoms with Gasteiger partial charge in [0.2, 0.25) is 5.91 Å². The average Bonchev–Trinajstić information content (AvgIpc) is 3.35. The number of aromatic nitrogens is 2. The van der Waals surface area contributed by atoms with E-state index in [9.17, 15) is 22.8 Å². The maximum atomic E-state index is 12.9. The molecule has 2 amide bonds. The molecule has 0 aliphatic carbocycles. The van der Waals surface area contributed by atoms with E-state index in [-0.39, 0.29) is 30.8 Å². The van der Waals surface area contributed by atoms with E-state index >= 15 is 0 Å². The molecule has 4 rings (SSSR count). The van der Waals surface area contributed by atoms with Gasteiger partial charge in [-0.05, 0) is 54.8 Å². The summed E-state index contributed by atoms with van der Waals surface area (Å²) in [5, 5.41) is 2.75. The molecule has 3 aromatic rings. The first kappa shape index (κ1) is 24.4. The maximum Gasteiger partial charge on any atom is 0.416 e.